The molecule has 1 unspecified atom stereocenters. The van der Waals surface area contributed by atoms with E-state index in [1.165, 1.54) is 0 Å². The van der Waals surface area contributed by atoms with Crippen molar-refractivity contribution >= 4 is 5.97 Å². The van der Waals surface area contributed by atoms with Gasteiger partial charge in [-0.3, -0.25) is 0 Å². The molecule has 0 amide bonds. The highest BCUT2D eigenvalue weighted by molar-refractivity contribution is 5.86. The second kappa shape index (κ2) is 6.53. The van der Waals surface area contributed by atoms with E-state index in [4.69, 9.17) is 4.74 Å². The number of quaternary nitrogens is 1. The summed E-state index contributed by atoms with van der Waals surface area (Å²) in [7, 11) is 5.89. The number of halogens is 1. The minimum Gasteiger partial charge on any atom is -1.00 e. The van der Waals surface area contributed by atoms with Crippen molar-refractivity contribution in [3.63, 3.8) is 0 Å². The fourth-order valence-corrected chi connectivity index (χ4v) is 0.980. The number of carbonyl (C=O) groups excluding carboxylic acids is 1. The Morgan fingerprint density at radius 1 is 1.47 bits per heavy atom. The Balaban J connectivity index is 0. The van der Waals surface area contributed by atoms with Gasteiger partial charge < -0.3 is 19.0 Å². The van der Waals surface area contributed by atoms with Crippen LogP contribution >= 0.6 is 0 Å². The molecule has 0 rings (SSSR count). The van der Waals surface area contributed by atoms with E-state index in [0.717, 1.165) is 0 Å². The molecule has 0 bridgehead atoms. The molecule has 0 aromatic rings. The van der Waals surface area contributed by atoms with Gasteiger partial charge >= 0.3 is 5.97 Å². The Bertz CT molecular complexity index is 223. The van der Waals surface area contributed by atoms with Gasteiger partial charge in [-0.05, 0) is 6.92 Å². The van der Waals surface area contributed by atoms with Gasteiger partial charge in [0.2, 0.25) is 0 Å². The molecule has 0 saturated carbocycles. The predicted molar refractivity (Wildman–Crippen MR) is 54.7 cm³/mol. The molecule has 0 aromatic carbocycles. The highest BCUT2D eigenvalue weighted by atomic mass is 19.0. The van der Waals surface area contributed by atoms with Crippen LogP contribution in [0.1, 0.15) is 6.92 Å². The van der Waals surface area contributed by atoms with Gasteiger partial charge in [0.15, 0.2) is 0 Å². The largest absolute Gasteiger partial charge is 1.00 e. The molecule has 0 radical (unpaired) electrons. The molecule has 0 spiro atoms. The number of aliphatic hydroxyl groups excluding tert-OH is 1. The maximum Gasteiger partial charge on any atom is 0.333 e. The fourth-order valence-electron chi connectivity index (χ4n) is 0.980. The van der Waals surface area contributed by atoms with Crippen LogP contribution in [0.2, 0.25) is 0 Å². The number of esters is 1. The van der Waals surface area contributed by atoms with Gasteiger partial charge in [-0.15, -0.1) is 0 Å². The average molecular weight is 221 g/mol. The third-order valence-corrected chi connectivity index (χ3v) is 1.51. The minimum absolute atomic E-state index is 0. The highest BCUT2D eigenvalue weighted by Crippen LogP contribution is 1.98. The van der Waals surface area contributed by atoms with E-state index >= 15 is 0 Å². The first-order chi connectivity index (χ1) is 6.22. The molecule has 1 atom stereocenters. The summed E-state index contributed by atoms with van der Waals surface area (Å²) in [5.41, 5.74) is 0.349. The van der Waals surface area contributed by atoms with Crippen molar-refractivity contribution in [2.24, 2.45) is 0 Å². The van der Waals surface area contributed by atoms with Crippen molar-refractivity contribution in [3.8, 4) is 0 Å². The number of hydrogen-bond acceptors (Lipinski definition) is 3. The monoisotopic (exact) mass is 221 g/mol. The van der Waals surface area contributed by atoms with Crippen LogP contribution in [0.4, 0.5) is 0 Å². The number of nitrogens with zero attached hydrogens (tertiary/aromatic N) is 1. The smallest absolute Gasteiger partial charge is 0.333 e. The number of carbonyl (C=O) groups is 1. The predicted octanol–water partition coefficient (Wildman–Crippen LogP) is -2.82. The lowest BCUT2D eigenvalue weighted by atomic mass is 10.3. The third-order valence-electron chi connectivity index (χ3n) is 1.51. The fraction of sp³-hybridized carbons (Fsp3) is 0.700. The molecular weight excluding hydrogens is 201 g/mol. The lowest BCUT2D eigenvalue weighted by molar-refractivity contribution is -0.873. The average Bonchev–Trinajstić information content (AvgIpc) is 1.96. The summed E-state index contributed by atoms with van der Waals surface area (Å²) in [5.74, 6) is -0.453. The number of aliphatic hydroxyl groups is 1. The highest BCUT2D eigenvalue weighted by Gasteiger charge is 2.17. The van der Waals surface area contributed by atoms with Gasteiger partial charge in [0.1, 0.15) is 19.3 Å². The normalized spacial score (nSPS) is 12.6. The Morgan fingerprint density at radius 3 is 2.27 bits per heavy atom. The van der Waals surface area contributed by atoms with Gasteiger partial charge in [-0.25, -0.2) is 4.79 Å². The summed E-state index contributed by atoms with van der Waals surface area (Å²) in [6, 6.07) is 0. The summed E-state index contributed by atoms with van der Waals surface area (Å²) in [5, 5.41) is 9.49. The van der Waals surface area contributed by atoms with Crippen LogP contribution in [0.3, 0.4) is 0 Å². The zero-order chi connectivity index (χ0) is 11.4. The molecule has 0 aliphatic heterocycles. The maximum atomic E-state index is 11.0. The molecule has 5 heteroatoms. The van der Waals surface area contributed by atoms with E-state index in [1.807, 2.05) is 21.1 Å². The Kier molecular flexibility index (Phi) is 7.17. The van der Waals surface area contributed by atoms with E-state index in [2.05, 4.69) is 6.58 Å². The Labute approximate surface area is 90.1 Å². The SMILES string of the molecule is C=C(C)C(=O)OCC(O)C[N+](C)(C)C.[F-]. The molecule has 0 aromatic heterocycles. The van der Waals surface area contributed by atoms with Crippen LogP contribution < -0.4 is 4.70 Å². The second-order valence-corrected chi connectivity index (χ2v) is 4.51. The Morgan fingerprint density at radius 2 is 1.93 bits per heavy atom. The zero-order valence-electron chi connectivity index (χ0n) is 9.79. The van der Waals surface area contributed by atoms with Crippen molar-refractivity contribution in [3.05, 3.63) is 12.2 Å². The van der Waals surface area contributed by atoms with Crippen molar-refractivity contribution in [1.82, 2.24) is 0 Å². The van der Waals surface area contributed by atoms with Crippen molar-refractivity contribution in [1.29, 1.82) is 0 Å². The summed E-state index contributed by atoms with van der Waals surface area (Å²) in [6.45, 7) is 5.60. The van der Waals surface area contributed by atoms with E-state index in [1.54, 1.807) is 6.92 Å². The standard InChI is InChI=1S/C10H20NO3.FH/c1-8(2)10(13)14-7-9(12)6-11(3,4)5;/h9,12H,1,6-7H2,2-5H3;1H/q+1;/p-1. The van der Waals surface area contributed by atoms with E-state index in [9.17, 15) is 9.90 Å². The van der Waals surface area contributed by atoms with Crippen LogP contribution in [0, 0.1) is 0 Å². The molecule has 0 heterocycles. The van der Waals surface area contributed by atoms with E-state index in [-0.39, 0.29) is 11.3 Å². The molecule has 0 saturated heterocycles. The van der Waals surface area contributed by atoms with E-state index < -0.39 is 12.1 Å². The minimum atomic E-state index is -0.627. The number of rotatable bonds is 5. The van der Waals surface area contributed by atoms with Gasteiger partial charge in [0.25, 0.3) is 0 Å². The number of hydrogen-bond donors (Lipinski definition) is 1. The van der Waals surface area contributed by atoms with Crippen molar-refractivity contribution in [2.45, 2.75) is 13.0 Å². The van der Waals surface area contributed by atoms with E-state index in [0.29, 0.717) is 16.6 Å². The molecule has 0 aliphatic carbocycles. The first kappa shape index (κ1) is 16.5. The summed E-state index contributed by atoms with van der Waals surface area (Å²) < 4.78 is 5.44. The number of ether oxygens (including phenoxy) is 1. The molecule has 1 N–H and O–H groups in total. The molecule has 15 heavy (non-hydrogen) atoms. The van der Waals surface area contributed by atoms with Crippen molar-refractivity contribution < 1.29 is 23.8 Å². The summed E-state index contributed by atoms with van der Waals surface area (Å²) in [4.78, 5) is 11.0. The van der Waals surface area contributed by atoms with Crippen LogP contribution in [-0.2, 0) is 9.53 Å². The first-order valence-electron chi connectivity index (χ1n) is 4.53. The van der Waals surface area contributed by atoms with Gasteiger partial charge in [0.05, 0.1) is 21.1 Å². The first-order valence-corrected chi connectivity index (χ1v) is 4.53. The maximum absolute atomic E-state index is 11.0. The third kappa shape index (κ3) is 9.37. The molecule has 4 nitrogen and oxygen atoms in total. The van der Waals surface area contributed by atoms with Crippen LogP contribution in [0.15, 0.2) is 12.2 Å². The quantitative estimate of drug-likeness (QED) is 0.309. The summed E-state index contributed by atoms with van der Waals surface area (Å²) in [6.07, 6.45) is -0.627. The molecule has 0 fully saturated rings. The summed E-state index contributed by atoms with van der Waals surface area (Å²) >= 11 is 0. The van der Waals surface area contributed by atoms with Crippen LogP contribution in [0.25, 0.3) is 0 Å². The van der Waals surface area contributed by atoms with Gasteiger partial charge in [0, 0.05) is 5.57 Å². The molecular formula is C10H20FNO3. The molecule has 90 valence electrons. The van der Waals surface area contributed by atoms with Crippen LogP contribution in [0.5, 0.6) is 0 Å². The lowest BCUT2D eigenvalue weighted by Crippen LogP contribution is -3.00. The Hall–Kier alpha value is -0.940. The topological polar surface area (TPSA) is 46.5 Å². The van der Waals surface area contributed by atoms with Gasteiger partial charge in [-0.1, -0.05) is 6.58 Å². The van der Waals surface area contributed by atoms with Crippen LogP contribution in [-0.4, -0.2) is 56.0 Å². The lowest BCUT2D eigenvalue weighted by Gasteiger charge is -2.26. The molecule has 0 aliphatic rings. The number of likely N-dealkylation sites (N-methyl/N-ethyl adjacent to an activating group) is 1. The second-order valence-electron chi connectivity index (χ2n) is 4.51. The van der Waals surface area contributed by atoms with Gasteiger partial charge in [-0.2, -0.15) is 0 Å². The van der Waals surface area contributed by atoms with Crippen molar-refractivity contribution in [2.75, 3.05) is 34.3 Å². The zero-order valence-corrected chi connectivity index (χ0v) is 9.79.